The van der Waals surface area contributed by atoms with Crippen LogP contribution in [0.5, 0.6) is 11.5 Å². The Morgan fingerprint density at radius 1 is 0.912 bits per heavy atom. The van der Waals surface area contributed by atoms with Gasteiger partial charge >= 0.3 is 0 Å². The second-order valence-electron chi connectivity index (χ2n) is 8.42. The molecule has 7 heteroatoms. The number of para-hydroxylation sites is 2. The van der Waals surface area contributed by atoms with Crippen LogP contribution in [0.2, 0.25) is 5.02 Å². The van der Waals surface area contributed by atoms with Gasteiger partial charge in [0.25, 0.3) is 0 Å². The van der Waals surface area contributed by atoms with E-state index in [4.69, 9.17) is 21.1 Å². The van der Waals surface area contributed by atoms with Crippen LogP contribution in [-0.2, 0) is 4.79 Å². The molecule has 2 N–H and O–H groups in total. The number of Topliss-reactive ketones (excluding diaryl/α,β-unsaturated/α-hetero) is 1. The summed E-state index contributed by atoms with van der Waals surface area (Å²) in [5.41, 5.74) is 5.39. The summed E-state index contributed by atoms with van der Waals surface area (Å²) in [5.74, 6) is 1.32. The van der Waals surface area contributed by atoms with Gasteiger partial charge in [0.05, 0.1) is 31.6 Å². The van der Waals surface area contributed by atoms with E-state index in [9.17, 15) is 4.79 Å². The Morgan fingerprint density at radius 2 is 1.59 bits per heavy atom. The molecule has 34 heavy (non-hydrogen) atoms. The van der Waals surface area contributed by atoms with E-state index in [1.165, 1.54) is 0 Å². The number of anilines is 2. The van der Waals surface area contributed by atoms with Gasteiger partial charge in [-0.3, -0.25) is 4.79 Å². The summed E-state index contributed by atoms with van der Waals surface area (Å²) in [6, 6.07) is 19.2. The number of nitrogens with one attached hydrogen (secondary N) is 2. The summed E-state index contributed by atoms with van der Waals surface area (Å²) in [7, 11) is 3.21. The zero-order valence-electron chi connectivity index (χ0n) is 18.8. The molecule has 174 valence electrons. The molecule has 2 atom stereocenters. The lowest BCUT2D eigenvalue weighted by Gasteiger charge is -2.30. The van der Waals surface area contributed by atoms with Crippen LogP contribution < -0.4 is 20.1 Å². The highest BCUT2D eigenvalue weighted by atomic mass is 79.9. The molecule has 0 radical (unpaired) electrons. The molecular formula is C27H24BrClN2O3. The minimum absolute atomic E-state index is 0.00667. The number of ketones is 1. The van der Waals surface area contributed by atoms with Crippen LogP contribution in [0.15, 0.2) is 76.4 Å². The minimum Gasteiger partial charge on any atom is -0.493 e. The lowest BCUT2D eigenvalue weighted by molar-refractivity contribution is -0.116. The molecule has 0 saturated heterocycles. The van der Waals surface area contributed by atoms with E-state index in [0.29, 0.717) is 29.4 Å². The van der Waals surface area contributed by atoms with Gasteiger partial charge in [-0.15, -0.1) is 0 Å². The van der Waals surface area contributed by atoms with E-state index in [2.05, 4.69) is 26.6 Å². The van der Waals surface area contributed by atoms with Crippen LogP contribution >= 0.6 is 27.5 Å². The van der Waals surface area contributed by atoms with Gasteiger partial charge < -0.3 is 20.1 Å². The van der Waals surface area contributed by atoms with E-state index >= 15 is 0 Å². The molecule has 1 aliphatic heterocycles. The van der Waals surface area contributed by atoms with Crippen LogP contribution in [0.25, 0.3) is 0 Å². The number of carbonyl (C=O) groups is 1. The number of halogens is 2. The highest BCUT2D eigenvalue weighted by molar-refractivity contribution is 9.10. The molecule has 5 nitrogen and oxygen atoms in total. The number of rotatable bonds is 4. The predicted molar refractivity (Wildman–Crippen MR) is 139 cm³/mol. The number of allylic oxidation sites excluding steroid dienone is 1. The van der Waals surface area contributed by atoms with Crippen molar-refractivity contribution in [2.45, 2.75) is 24.8 Å². The van der Waals surface area contributed by atoms with Gasteiger partial charge in [-0.1, -0.05) is 57.9 Å². The van der Waals surface area contributed by atoms with Gasteiger partial charge in [-0.2, -0.15) is 0 Å². The smallest absolute Gasteiger partial charge is 0.163 e. The first-order valence-corrected chi connectivity index (χ1v) is 12.2. The van der Waals surface area contributed by atoms with Crippen molar-refractivity contribution in [3.63, 3.8) is 0 Å². The number of ether oxygens (including phenoxy) is 2. The summed E-state index contributed by atoms with van der Waals surface area (Å²) in [6.45, 7) is 0. The fourth-order valence-electron chi connectivity index (χ4n) is 4.84. The molecule has 0 saturated carbocycles. The van der Waals surface area contributed by atoms with Gasteiger partial charge in [0, 0.05) is 27.2 Å². The van der Waals surface area contributed by atoms with Crippen molar-refractivity contribution in [3.05, 3.63) is 92.6 Å². The molecule has 3 aromatic carbocycles. The third-order valence-corrected chi connectivity index (χ3v) is 7.50. The topological polar surface area (TPSA) is 59.6 Å². The Hall–Kier alpha value is -2.96. The van der Waals surface area contributed by atoms with E-state index in [1.54, 1.807) is 14.2 Å². The maximum atomic E-state index is 13.7. The number of benzene rings is 3. The lowest BCUT2D eigenvalue weighted by Crippen LogP contribution is -2.27. The number of fused-ring (bicyclic) bond motifs is 1. The fourth-order valence-corrected chi connectivity index (χ4v) is 5.68. The van der Waals surface area contributed by atoms with Crippen molar-refractivity contribution in [2.75, 3.05) is 24.9 Å². The van der Waals surface area contributed by atoms with E-state index < -0.39 is 0 Å². The largest absolute Gasteiger partial charge is 0.493 e. The molecule has 2 unspecified atom stereocenters. The lowest BCUT2D eigenvalue weighted by atomic mass is 9.78. The van der Waals surface area contributed by atoms with E-state index in [1.807, 2.05) is 60.7 Å². The van der Waals surface area contributed by atoms with Crippen molar-refractivity contribution in [1.82, 2.24) is 0 Å². The molecular weight excluding hydrogens is 516 g/mol. The van der Waals surface area contributed by atoms with Crippen molar-refractivity contribution in [1.29, 1.82) is 0 Å². The van der Waals surface area contributed by atoms with Crippen LogP contribution in [0.3, 0.4) is 0 Å². The monoisotopic (exact) mass is 538 g/mol. The van der Waals surface area contributed by atoms with Crippen molar-refractivity contribution < 1.29 is 14.3 Å². The van der Waals surface area contributed by atoms with Crippen LogP contribution in [0.1, 0.15) is 35.9 Å². The van der Waals surface area contributed by atoms with Crippen LogP contribution in [-0.4, -0.2) is 20.0 Å². The second kappa shape index (κ2) is 9.35. The van der Waals surface area contributed by atoms with Crippen LogP contribution in [0.4, 0.5) is 11.4 Å². The first kappa shape index (κ1) is 22.8. The molecule has 0 bridgehead atoms. The Labute approximate surface area is 212 Å². The summed E-state index contributed by atoms with van der Waals surface area (Å²) < 4.78 is 11.9. The SMILES string of the molecule is COc1cc(Br)c(C2Nc3ccccc3NC3=C2C(=O)CC(c2ccccc2Cl)C3)cc1OC. The Morgan fingerprint density at radius 3 is 2.32 bits per heavy atom. The third-order valence-electron chi connectivity index (χ3n) is 6.47. The van der Waals surface area contributed by atoms with E-state index in [0.717, 1.165) is 38.2 Å². The highest BCUT2D eigenvalue weighted by Gasteiger charge is 2.37. The number of hydrogen-bond donors (Lipinski definition) is 2. The molecule has 2 aliphatic rings. The standard InChI is InChI=1S/C27H24BrClN2O3/c1-33-24-13-17(18(28)14-25(24)34-2)27-26-22(30-20-9-5-6-10-21(20)31-27)11-15(12-23(26)32)16-7-3-4-8-19(16)29/h3-10,13-15,27,30-31H,11-12H2,1-2H3. The molecule has 3 aromatic rings. The average Bonchev–Trinajstić information content (AvgIpc) is 3.01. The normalized spacial score (nSPS) is 19.4. The van der Waals surface area contributed by atoms with Gasteiger partial charge in [0.2, 0.25) is 0 Å². The molecule has 0 aromatic heterocycles. The molecule has 0 spiro atoms. The quantitative estimate of drug-likeness (QED) is 0.370. The molecule has 5 rings (SSSR count). The first-order valence-electron chi connectivity index (χ1n) is 11.0. The van der Waals surface area contributed by atoms with Gasteiger partial charge in [0.1, 0.15) is 0 Å². The Balaban J connectivity index is 1.66. The summed E-state index contributed by atoms with van der Waals surface area (Å²) in [5, 5.41) is 7.86. The molecule has 0 fully saturated rings. The van der Waals surface area contributed by atoms with Crippen molar-refractivity contribution >= 4 is 44.7 Å². The maximum absolute atomic E-state index is 13.7. The average molecular weight is 540 g/mol. The van der Waals surface area contributed by atoms with E-state index in [-0.39, 0.29) is 17.7 Å². The highest BCUT2D eigenvalue weighted by Crippen LogP contribution is 2.47. The first-order chi connectivity index (χ1) is 16.5. The van der Waals surface area contributed by atoms with Crippen molar-refractivity contribution in [3.8, 4) is 11.5 Å². The minimum atomic E-state index is -0.375. The number of hydrogen-bond acceptors (Lipinski definition) is 5. The molecule has 1 aliphatic carbocycles. The zero-order valence-corrected chi connectivity index (χ0v) is 21.2. The van der Waals surface area contributed by atoms with Gasteiger partial charge in [-0.05, 0) is 53.8 Å². The Bertz CT molecular complexity index is 1310. The second-order valence-corrected chi connectivity index (χ2v) is 9.68. The van der Waals surface area contributed by atoms with Gasteiger partial charge in [0.15, 0.2) is 17.3 Å². The Kier molecular flexibility index (Phi) is 6.28. The van der Waals surface area contributed by atoms with Gasteiger partial charge in [-0.25, -0.2) is 0 Å². The number of carbonyl (C=O) groups excluding carboxylic acids is 1. The number of methoxy groups -OCH3 is 2. The van der Waals surface area contributed by atoms with Crippen molar-refractivity contribution in [2.24, 2.45) is 0 Å². The molecule has 0 amide bonds. The molecule has 1 heterocycles. The maximum Gasteiger partial charge on any atom is 0.163 e. The summed E-state index contributed by atoms with van der Waals surface area (Å²) >= 11 is 10.2. The predicted octanol–water partition coefficient (Wildman–Crippen LogP) is 7.10. The third kappa shape index (κ3) is 4.05. The summed E-state index contributed by atoms with van der Waals surface area (Å²) in [4.78, 5) is 13.7. The zero-order chi connectivity index (χ0) is 23.8. The van der Waals surface area contributed by atoms with Crippen LogP contribution in [0, 0.1) is 0 Å². The fraction of sp³-hybridized carbons (Fsp3) is 0.222. The summed E-state index contributed by atoms with van der Waals surface area (Å²) in [6.07, 6.45) is 1.08.